The molecule has 1 saturated heterocycles. The first kappa shape index (κ1) is 25.2. The Balaban J connectivity index is 1.73. The quantitative estimate of drug-likeness (QED) is 0.451. The molecule has 1 aliphatic heterocycles. The number of halogens is 1. The topological polar surface area (TPSA) is 47.8 Å². The van der Waals surface area contributed by atoms with Crippen LogP contribution in [0.4, 0.5) is 10.2 Å². The second-order valence-electron chi connectivity index (χ2n) is 9.28. The Kier molecular flexibility index (Phi) is 8.42. The molecule has 6 nitrogen and oxygen atoms in total. The summed E-state index contributed by atoms with van der Waals surface area (Å²) >= 11 is 0. The molecule has 7 heteroatoms. The molecule has 4 rings (SSSR count). The van der Waals surface area contributed by atoms with Crippen LogP contribution >= 0.6 is 0 Å². The number of phenolic OH excluding ortho intramolecular Hbond substituents is 1. The second-order valence-corrected chi connectivity index (χ2v) is 9.28. The van der Waals surface area contributed by atoms with Gasteiger partial charge in [0.15, 0.2) is 0 Å². The lowest BCUT2D eigenvalue weighted by atomic mass is 10.1. The molecule has 188 valence electrons. The Morgan fingerprint density at radius 1 is 0.971 bits per heavy atom. The molecule has 1 N–H and O–H groups in total. The van der Waals surface area contributed by atoms with Crippen molar-refractivity contribution in [2.75, 3.05) is 44.2 Å². The summed E-state index contributed by atoms with van der Waals surface area (Å²) in [6.45, 7) is 13.9. The van der Waals surface area contributed by atoms with E-state index in [4.69, 9.17) is 5.10 Å². The lowest BCUT2D eigenvalue weighted by Gasteiger charge is -2.36. The minimum absolute atomic E-state index is 0.249. The molecule has 35 heavy (non-hydrogen) atoms. The van der Waals surface area contributed by atoms with E-state index in [0.29, 0.717) is 0 Å². The third-order valence-corrected chi connectivity index (χ3v) is 6.87. The van der Waals surface area contributed by atoms with E-state index in [-0.39, 0.29) is 11.6 Å². The summed E-state index contributed by atoms with van der Waals surface area (Å²) in [5, 5.41) is 14.7. The molecule has 0 spiro atoms. The fraction of sp³-hybridized carbons (Fsp3) is 0.464. The Morgan fingerprint density at radius 2 is 1.71 bits per heavy atom. The number of hydrogen-bond donors (Lipinski definition) is 1. The minimum atomic E-state index is -0.249. The van der Waals surface area contributed by atoms with Gasteiger partial charge in [-0.25, -0.2) is 9.07 Å². The van der Waals surface area contributed by atoms with Gasteiger partial charge in [-0.1, -0.05) is 45.4 Å². The van der Waals surface area contributed by atoms with Crippen molar-refractivity contribution < 1.29 is 9.50 Å². The number of aromatic nitrogens is 2. The van der Waals surface area contributed by atoms with E-state index >= 15 is 0 Å². The van der Waals surface area contributed by atoms with Crippen LogP contribution in [0.3, 0.4) is 0 Å². The number of aryl methyl sites for hydroxylation is 1. The van der Waals surface area contributed by atoms with E-state index in [2.05, 4.69) is 35.5 Å². The van der Waals surface area contributed by atoms with Crippen LogP contribution in [0.2, 0.25) is 0 Å². The van der Waals surface area contributed by atoms with Gasteiger partial charge in [0.05, 0.1) is 11.4 Å². The van der Waals surface area contributed by atoms with Crippen LogP contribution in [0, 0.1) is 5.82 Å². The van der Waals surface area contributed by atoms with Crippen molar-refractivity contribution >= 4 is 5.82 Å². The van der Waals surface area contributed by atoms with Crippen molar-refractivity contribution in [1.29, 1.82) is 0 Å². The van der Waals surface area contributed by atoms with E-state index in [9.17, 15) is 9.50 Å². The van der Waals surface area contributed by atoms with Crippen molar-refractivity contribution in [2.24, 2.45) is 0 Å². The molecule has 0 bridgehead atoms. The van der Waals surface area contributed by atoms with Crippen LogP contribution in [-0.2, 0) is 19.5 Å². The van der Waals surface area contributed by atoms with Gasteiger partial charge in [-0.2, -0.15) is 5.10 Å². The molecule has 0 amide bonds. The predicted molar refractivity (Wildman–Crippen MR) is 140 cm³/mol. The molecule has 1 aliphatic rings. The van der Waals surface area contributed by atoms with Gasteiger partial charge in [0.2, 0.25) is 0 Å². The summed E-state index contributed by atoms with van der Waals surface area (Å²) in [6, 6.07) is 14.2. The molecule has 1 fully saturated rings. The van der Waals surface area contributed by atoms with Gasteiger partial charge in [-0.05, 0) is 55.4 Å². The third kappa shape index (κ3) is 6.03. The SMILES string of the molecule is CCCc1nn(-c2cccc(F)c2)c(N2CCN(CC)CC2)c1CN(CC)Cc1ccc(O)cc1. The van der Waals surface area contributed by atoms with Gasteiger partial charge in [-0.15, -0.1) is 0 Å². The van der Waals surface area contributed by atoms with Gasteiger partial charge in [0.1, 0.15) is 17.4 Å². The van der Waals surface area contributed by atoms with Gasteiger partial charge in [0, 0.05) is 44.8 Å². The second kappa shape index (κ2) is 11.7. The summed E-state index contributed by atoms with van der Waals surface area (Å²) in [4.78, 5) is 7.31. The number of likely N-dealkylation sites (N-methyl/N-ethyl adjacent to an activating group) is 1. The van der Waals surface area contributed by atoms with Crippen molar-refractivity contribution in [3.63, 3.8) is 0 Å². The summed E-state index contributed by atoms with van der Waals surface area (Å²) in [7, 11) is 0. The number of aromatic hydroxyl groups is 1. The molecule has 1 aromatic heterocycles. The predicted octanol–water partition coefficient (Wildman–Crippen LogP) is 4.83. The first-order valence-corrected chi connectivity index (χ1v) is 12.9. The number of piperazine rings is 1. The minimum Gasteiger partial charge on any atom is -0.508 e. The normalized spacial score (nSPS) is 14.7. The highest BCUT2D eigenvalue weighted by Gasteiger charge is 2.27. The van der Waals surface area contributed by atoms with E-state index in [0.717, 1.165) is 88.0 Å². The lowest BCUT2D eigenvalue weighted by molar-refractivity contribution is 0.264. The van der Waals surface area contributed by atoms with Crippen molar-refractivity contribution in [3.05, 3.63) is 71.2 Å². The molecule has 0 atom stereocenters. The summed E-state index contributed by atoms with van der Waals surface area (Å²) in [6.07, 6.45) is 1.89. The van der Waals surface area contributed by atoms with E-state index in [1.54, 1.807) is 24.3 Å². The number of nitrogens with zero attached hydrogens (tertiary/aromatic N) is 5. The number of benzene rings is 2. The molecule has 0 radical (unpaired) electrons. The van der Waals surface area contributed by atoms with Crippen LogP contribution < -0.4 is 4.90 Å². The Bertz CT molecular complexity index is 1090. The Morgan fingerprint density at radius 3 is 2.34 bits per heavy atom. The molecule has 0 unspecified atom stereocenters. The maximum absolute atomic E-state index is 14.2. The third-order valence-electron chi connectivity index (χ3n) is 6.87. The number of phenols is 1. The zero-order valence-corrected chi connectivity index (χ0v) is 21.3. The van der Waals surface area contributed by atoms with Crippen LogP contribution in [0.1, 0.15) is 44.0 Å². The zero-order chi connectivity index (χ0) is 24.8. The highest BCUT2D eigenvalue weighted by atomic mass is 19.1. The van der Waals surface area contributed by atoms with Crippen LogP contribution in [-0.4, -0.2) is 64.0 Å². The standard InChI is InChI=1S/C28H38FN5O/c1-4-8-27-26(21-32(6-3)20-22-11-13-25(35)14-12-22)28(33-17-15-31(5-2)16-18-33)34(30-27)24-10-7-9-23(29)19-24/h7,9-14,19,35H,4-6,8,15-18,20-21H2,1-3H3. The molecule has 2 heterocycles. The van der Waals surface area contributed by atoms with Crippen LogP contribution in [0.15, 0.2) is 48.5 Å². The summed E-state index contributed by atoms with van der Waals surface area (Å²) in [5.41, 5.74) is 4.26. The number of rotatable bonds is 10. The summed E-state index contributed by atoms with van der Waals surface area (Å²) in [5.74, 6) is 1.13. The smallest absolute Gasteiger partial charge is 0.137 e. The first-order valence-electron chi connectivity index (χ1n) is 12.9. The van der Waals surface area contributed by atoms with E-state index in [1.807, 2.05) is 22.9 Å². The van der Waals surface area contributed by atoms with Crippen LogP contribution in [0.25, 0.3) is 5.69 Å². The molecule has 0 aliphatic carbocycles. The summed E-state index contributed by atoms with van der Waals surface area (Å²) < 4.78 is 16.2. The monoisotopic (exact) mass is 479 g/mol. The van der Waals surface area contributed by atoms with Gasteiger partial charge < -0.3 is 14.9 Å². The van der Waals surface area contributed by atoms with E-state index in [1.165, 1.54) is 11.6 Å². The Labute approximate surface area is 208 Å². The van der Waals surface area contributed by atoms with Gasteiger partial charge in [-0.3, -0.25) is 4.90 Å². The van der Waals surface area contributed by atoms with Gasteiger partial charge >= 0.3 is 0 Å². The largest absolute Gasteiger partial charge is 0.508 e. The maximum Gasteiger partial charge on any atom is 0.137 e. The average Bonchev–Trinajstić information content (AvgIpc) is 3.23. The fourth-order valence-electron chi connectivity index (χ4n) is 4.84. The molecular formula is C28H38FN5O. The average molecular weight is 480 g/mol. The van der Waals surface area contributed by atoms with Gasteiger partial charge in [0.25, 0.3) is 0 Å². The van der Waals surface area contributed by atoms with Crippen molar-refractivity contribution in [1.82, 2.24) is 19.6 Å². The molecule has 2 aromatic carbocycles. The fourth-order valence-corrected chi connectivity index (χ4v) is 4.84. The molecule has 0 saturated carbocycles. The lowest BCUT2D eigenvalue weighted by Crippen LogP contribution is -2.47. The first-order chi connectivity index (χ1) is 17.0. The zero-order valence-electron chi connectivity index (χ0n) is 21.3. The number of hydrogen-bond acceptors (Lipinski definition) is 5. The highest BCUT2D eigenvalue weighted by Crippen LogP contribution is 2.31. The van der Waals surface area contributed by atoms with E-state index < -0.39 is 0 Å². The Hall–Kier alpha value is -2.90. The van der Waals surface area contributed by atoms with Crippen molar-refractivity contribution in [2.45, 2.75) is 46.7 Å². The van der Waals surface area contributed by atoms with Crippen molar-refractivity contribution in [3.8, 4) is 11.4 Å². The molecule has 3 aromatic rings. The maximum atomic E-state index is 14.2. The highest BCUT2D eigenvalue weighted by molar-refractivity contribution is 5.56. The molecular weight excluding hydrogens is 441 g/mol. The van der Waals surface area contributed by atoms with Crippen LogP contribution in [0.5, 0.6) is 5.75 Å². The number of anilines is 1.